The van der Waals surface area contributed by atoms with Crippen LogP contribution in [0.5, 0.6) is 11.5 Å². The van der Waals surface area contributed by atoms with E-state index in [2.05, 4.69) is 11.0 Å². The van der Waals surface area contributed by atoms with Gasteiger partial charge in [0, 0.05) is 18.7 Å². The monoisotopic (exact) mass is 229 g/mol. The molecule has 3 heterocycles. The Balaban J connectivity index is 1.68. The van der Waals surface area contributed by atoms with Crippen molar-refractivity contribution in [1.29, 1.82) is 0 Å². The van der Waals surface area contributed by atoms with E-state index < -0.39 is 0 Å². The molecular weight excluding hydrogens is 218 g/mol. The van der Waals surface area contributed by atoms with E-state index in [0.29, 0.717) is 5.76 Å². The van der Waals surface area contributed by atoms with Crippen molar-refractivity contribution in [1.82, 2.24) is 0 Å². The van der Waals surface area contributed by atoms with Gasteiger partial charge in [-0.05, 0) is 25.0 Å². The van der Waals surface area contributed by atoms with Gasteiger partial charge in [0.15, 0.2) is 23.5 Å². The highest BCUT2D eigenvalue weighted by Gasteiger charge is 2.44. The topological polar surface area (TPSA) is 45.4 Å². The van der Waals surface area contributed by atoms with Crippen molar-refractivity contribution >= 4 is 11.6 Å². The van der Waals surface area contributed by atoms with Crippen LogP contribution in [0.1, 0.15) is 24.5 Å². The smallest absolute Gasteiger partial charge is 0.227 e. The summed E-state index contributed by atoms with van der Waals surface area (Å²) < 4.78 is 10.7. The van der Waals surface area contributed by atoms with Gasteiger partial charge >= 0.3 is 0 Å². The number of fused-ring (bicyclic) bond motifs is 1. The number of anilines is 1. The Morgan fingerprint density at radius 1 is 1.24 bits per heavy atom. The predicted molar refractivity (Wildman–Crippen MR) is 61.0 cm³/mol. The number of hydrogen-bond donors (Lipinski definition) is 0. The highest BCUT2D eigenvalue weighted by atomic mass is 16.6. The SMILES string of the molecule is O=C=C1OC1c1ccc(N2CCCC2)c2c1O2. The zero-order valence-electron chi connectivity index (χ0n) is 9.23. The minimum Gasteiger partial charge on any atom is -0.466 e. The second kappa shape index (κ2) is 3.05. The molecule has 2 saturated heterocycles. The van der Waals surface area contributed by atoms with Gasteiger partial charge in [-0.1, -0.05) is 0 Å². The van der Waals surface area contributed by atoms with Crippen molar-refractivity contribution in [2.24, 2.45) is 0 Å². The molecule has 0 spiro atoms. The van der Waals surface area contributed by atoms with Gasteiger partial charge in [0.1, 0.15) is 0 Å². The van der Waals surface area contributed by atoms with Crippen molar-refractivity contribution in [3.8, 4) is 11.5 Å². The second-order valence-corrected chi connectivity index (χ2v) is 4.59. The minimum atomic E-state index is -0.212. The first kappa shape index (κ1) is 9.14. The molecule has 4 rings (SSSR count). The van der Waals surface area contributed by atoms with E-state index in [-0.39, 0.29) is 6.10 Å². The lowest BCUT2D eigenvalue weighted by Gasteiger charge is -2.15. The molecule has 0 aromatic heterocycles. The first-order valence-electron chi connectivity index (χ1n) is 5.90. The molecule has 1 unspecified atom stereocenters. The number of ether oxygens (including phenoxy) is 2. The zero-order valence-corrected chi connectivity index (χ0v) is 9.23. The summed E-state index contributed by atoms with van der Waals surface area (Å²) in [7, 11) is 0. The van der Waals surface area contributed by atoms with E-state index in [0.717, 1.165) is 30.2 Å². The fraction of sp³-hybridized carbons (Fsp3) is 0.385. The maximum atomic E-state index is 10.4. The average molecular weight is 229 g/mol. The third-order valence-corrected chi connectivity index (χ3v) is 3.54. The van der Waals surface area contributed by atoms with Crippen LogP contribution in [0, 0.1) is 0 Å². The van der Waals surface area contributed by atoms with Crippen molar-refractivity contribution in [2.75, 3.05) is 18.0 Å². The van der Waals surface area contributed by atoms with Crippen molar-refractivity contribution in [3.63, 3.8) is 0 Å². The van der Waals surface area contributed by atoms with E-state index in [9.17, 15) is 4.79 Å². The zero-order chi connectivity index (χ0) is 11.4. The molecule has 0 bridgehead atoms. The summed E-state index contributed by atoms with van der Waals surface area (Å²) in [5.74, 6) is 4.03. The summed E-state index contributed by atoms with van der Waals surface area (Å²) in [4.78, 5) is 12.8. The van der Waals surface area contributed by atoms with Crippen molar-refractivity contribution < 1.29 is 14.3 Å². The van der Waals surface area contributed by atoms with Gasteiger partial charge in [-0.25, -0.2) is 4.79 Å². The quantitative estimate of drug-likeness (QED) is 0.585. The van der Waals surface area contributed by atoms with Gasteiger partial charge in [-0.15, -0.1) is 0 Å². The molecule has 0 aliphatic carbocycles. The van der Waals surface area contributed by atoms with Crippen LogP contribution in [0.15, 0.2) is 17.9 Å². The fourth-order valence-corrected chi connectivity index (χ4v) is 2.54. The van der Waals surface area contributed by atoms with E-state index >= 15 is 0 Å². The number of carbonyl (C=O) groups excluding carboxylic acids is 1. The molecule has 4 nitrogen and oxygen atoms in total. The third kappa shape index (κ3) is 1.28. The Morgan fingerprint density at radius 2 is 2.06 bits per heavy atom. The van der Waals surface area contributed by atoms with Crippen LogP contribution in [0.2, 0.25) is 0 Å². The summed E-state index contributed by atoms with van der Waals surface area (Å²) in [5.41, 5.74) is 2.14. The largest absolute Gasteiger partial charge is 0.466 e. The number of rotatable bonds is 2. The third-order valence-electron chi connectivity index (χ3n) is 3.54. The van der Waals surface area contributed by atoms with Gasteiger partial charge in [0.2, 0.25) is 5.76 Å². The lowest BCUT2D eigenvalue weighted by molar-refractivity contribution is 0.434. The predicted octanol–water partition coefficient (Wildman–Crippen LogP) is 2.18. The fourth-order valence-electron chi connectivity index (χ4n) is 2.54. The molecule has 3 aliphatic heterocycles. The summed E-state index contributed by atoms with van der Waals surface area (Å²) >= 11 is 0. The molecule has 1 atom stereocenters. The summed E-state index contributed by atoms with van der Waals surface area (Å²) in [6.07, 6.45) is 2.29. The molecule has 4 heteroatoms. The standard InChI is InChI=1S/C13H11NO3/c15-7-10-11(16-10)8-3-4-9(13-12(8)17-13)14-5-1-2-6-14/h3-4,11H,1-2,5-6H2. The van der Waals surface area contributed by atoms with E-state index in [1.54, 1.807) is 5.94 Å². The highest BCUT2D eigenvalue weighted by Crippen LogP contribution is 2.60. The van der Waals surface area contributed by atoms with Gasteiger partial charge in [0.05, 0.1) is 5.69 Å². The Morgan fingerprint density at radius 3 is 2.76 bits per heavy atom. The van der Waals surface area contributed by atoms with Crippen LogP contribution in [0.4, 0.5) is 5.69 Å². The van der Waals surface area contributed by atoms with Crippen LogP contribution in [-0.4, -0.2) is 19.0 Å². The maximum absolute atomic E-state index is 10.4. The molecule has 86 valence electrons. The Hall–Kier alpha value is -1.93. The van der Waals surface area contributed by atoms with Crippen LogP contribution in [0.3, 0.4) is 0 Å². The molecule has 0 amide bonds. The van der Waals surface area contributed by atoms with Gasteiger partial charge < -0.3 is 14.4 Å². The van der Waals surface area contributed by atoms with Crippen LogP contribution < -0.4 is 9.64 Å². The Labute approximate surface area is 98.4 Å². The molecule has 0 saturated carbocycles. The lowest BCUT2D eigenvalue weighted by Crippen LogP contribution is -2.16. The molecule has 2 fully saturated rings. The maximum Gasteiger partial charge on any atom is 0.227 e. The number of benzene rings is 1. The van der Waals surface area contributed by atoms with Crippen LogP contribution >= 0.6 is 0 Å². The molecule has 3 aliphatic rings. The first-order chi connectivity index (χ1) is 8.38. The molecule has 1 aromatic rings. The summed E-state index contributed by atoms with van der Waals surface area (Å²) in [6, 6.07) is 4.06. The van der Waals surface area contributed by atoms with Crippen molar-refractivity contribution in [3.05, 3.63) is 23.5 Å². The van der Waals surface area contributed by atoms with Gasteiger partial charge in [0.25, 0.3) is 0 Å². The van der Waals surface area contributed by atoms with E-state index in [1.165, 1.54) is 18.5 Å². The molecule has 0 N–H and O–H groups in total. The first-order valence-corrected chi connectivity index (χ1v) is 5.90. The Bertz CT molecular complexity index is 554. The van der Waals surface area contributed by atoms with Gasteiger partial charge in [-0.2, -0.15) is 0 Å². The van der Waals surface area contributed by atoms with Crippen LogP contribution in [-0.2, 0) is 9.53 Å². The van der Waals surface area contributed by atoms with Crippen molar-refractivity contribution in [2.45, 2.75) is 18.9 Å². The van der Waals surface area contributed by atoms with Crippen LogP contribution in [0.25, 0.3) is 0 Å². The molecule has 17 heavy (non-hydrogen) atoms. The molecular formula is C13H11NO3. The summed E-state index contributed by atoms with van der Waals surface area (Å²) in [6.45, 7) is 2.21. The Kier molecular flexibility index (Phi) is 1.64. The normalized spacial score (nSPS) is 23.6. The highest BCUT2D eigenvalue weighted by molar-refractivity contribution is 5.78. The molecule has 1 aromatic carbocycles. The van der Waals surface area contributed by atoms with E-state index in [1.807, 2.05) is 6.07 Å². The van der Waals surface area contributed by atoms with Gasteiger partial charge in [-0.3, -0.25) is 0 Å². The lowest BCUT2D eigenvalue weighted by atomic mass is 10.1. The number of epoxide rings is 1. The number of nitrogens with zero attached hydrogens (tertiary/aromatic N) is 1. The second-order valence-electron chi connectivity index (χ2n) is 4.59. The summed E-state index contributed by atoms with van der Waals surface area (Å²) in [5, 5.41) is 0. The minimum absolute atomic E-state index is 0.212. The number of hydrogen-bond acceptors (Lipinski definition) is 4. The van der Waals surface area contributed by atoms with E-state index in [4.69, 9.17) is 9.47 Å². The average Bonchev–Trinajstić information content (AvgIpc) is 3.25. The molecule has 0 radical (unpaired) electrons.